The van der Waals surface area contributed by atoms with Gasteiger partial charge < -0.3 is 20.9 Å². The van der Waals surface area contributed by atoms with Crippen LogP contribution in [0.3, 0.4) is 0 Å². The van der Waals surface area contributed by atoms with Crippen LogP contribution in [0.15, 0.2) is 102 Å². The molecule has 3 aliphatic carbocycles. The quantitative estimate of drug-likeness (QED) is 0.530. The molecule has 0 saturated carbocycles. The largest absolute Gasteiger partial charge is 0.399 e. The number of hydrogen-bond acceptors (Lipinski definition) is 3. The summed E-state index contributed by atoms with van der Waals surface area (Å²) in [5.41, 5.74) is 21.9. The molecule has 1 aromatic carbocycles. The van der Waals surface area contributed by atoms with Crippen molar-refractivity contribution in [3.63, 3.8) is 0 Å². The second-order valence-corrected chi connectivity index (χ2v) is 11.1. The SMILES string of the molecule is CC1Cc2ccn(-c3ccc(N)cc3)c2C=C1C1=CCC2(C)C=CN(C3=CCC(C)(N)C=C3)C2=C1. The Morgan fingerprint density at radius 3 is 2.51 bits per heavy atom. The average molecular weight is 463 g/mol. The molecule has 4 heteroatoms. The number of aromatic nitrogens is 1. The minimum absolute atomic E-state index is 0.0233. The van der Waals surface area contributed by atoms with Crippen molar-refractivity contribution in [1.82, 2.24) is 9.47 Å². The highest BCUT2D eigenvalue weighted by Crippen LogP contribution is 2.48. The zero-order valence-corrected chi connectivity index (χ0v) is 20.8. The predicted molar refractivity (Wildman–Crippen MR) is 145 cm³/mol. The Balaban J connectivity index is 1.36. The van der Waals surface area contributed by atoms with E-state index in [1.54, 1.807) is 0 Å². The molecule has 1 aromatic heterocycles. The van der Waals surface area contributed by atoms with E-state index in [1.165, 1.54) is 33.8 Å². The number of rotatable bonds is 3. The van der Waals surface area contributed by atoms with E-state index >= 15 is 0 Å². The smallest absolute Gasteiger partial charge is 0.0491 e. The lowest BCUT2D eigenvalue weighted by atomic mass is 9.75. The first kappa shape index (κ1) is 22.0. The number of benzene rings is 1. The van der Waals surface area contributed by atoms with Gasteiger partial charge in [-0.1, -0.05) is 38.2 Å². The number of allylic oxidation sites excluding steroid dienone is 6. The van der Waals surface area contributed by atoms with Crippen LogP contribution in [-0.2, 0) is 6.42 Å². The second-order valence-electron chi connectivity index (χ2n) is 11.1. The van der Waals surface area contributed by atoms with Crippen LogP contribution in [0.2, 0.25) is 0 Å². The summed E-state index contributed by atoms with van der Waals surface area (Å²) in [7, 11) is 0. The van der Waals surface area contributed by atoms with Crippen LogP contribution in [0.1, 0.15) is 44.9 Å². The van der Waals surface area contributed by atoms with Gasteiger partial charge in [0.2, 0.25) is 0 Å². The molecule has 0 bridgehead atoms. The van der Waals surface area contributed by atoms with Crippen LogP contribution < -0.4 is 11.5 Å². The lowest BCUT2D eigenvalue weighted by molar-refractivity contribution is 0.432. The molecule has 1 aliphatic heterocycles. The van der Waals surface area contributed by atoms with Gasteiger partial charge in [0.15, 0.2) is 0 Å². The first-order valence-electron chi connectivity index (χ1n) is 12.6. The molecule has 2 heterocycles. The molecular formula is C31H34N4. The van der Waals surface area contributed by atoms with Crippen LogP contribution in [0.5, 0.6) is 0 Å². The minimum Gasteiger partial charge on any atom is -0.399 e. The molecule has 0 saturated heterocycles. The van der Waals surface area contributed by atoms with Crippen molar-refractivity contribution in [2.75, 3.05) is 5.73 Å². The molecule has 0 spiro atoms. The van der Waals surface area contributed by atoms with Gasteiger partial charge >= 0.3 is 0 Å². The Hall–Kier alpha value is -3.50. The first-order chi connectivity index (χ1) is 16.7. The van der Waals surface area contributed by atoms with Gasteiger partial charge in [-0.15, -0.1) is 0 Å². The van der Waals surface area contributed by atoms with E-state index in [9.17, 15) is 0 Å². The van der Waals surface area contributed by atoms with Crippen LogP contribution in [0.25, 0.3) is 11.8 Å². The molecule has 4 nitrogen and oxygen atoms in total. The van der Waals surface area contributed by atoms with Gasteiger partial charge in [0.25, 0.3) is 0 Å². The van der Waals surface area contributed by atoms with Gasteiger partial charge in [-0.25, -0.2) is 0 Å². The van der Waals surface area contributed by atoms with E-state index in [0.717, 1.165) is 30.6 Å². The van der Waals surface area contributed by atoms with Crippen molar-refractivity contribution in [2.24, 2.45) is 17.1 Å². The molecule has 35 heavy (non-hydrogen) atoms. The summed E-state index contributed by atoms with van der Waals surface area (Å²) in [6.45, 7) is 6.76. The van der Waals surface area contributed by atoms with E-state index in [4.69, 9.17) is 11.5 Å². The van der Waals surface area contributed by atoms with Gasteiger partial charge in [-0.05, 0) is 97.4 Å². The second kappa shape index (κ2) is 7.76. The summed E-state index contributed by atoms with van der Waals surface area (Å²) < 4.78 is 2.28. The first-order valence-corrected chi connectivity index (χ1v) is 12.6. The summed E-state index contributed by atoms with van der Waals surface area (Å²) in [6, 6.07) is 10.4. The summed E-state index contributed by atoms with van der Waals surface area (Å²) >= 11 is 0. The molecule has 178 valence electrons. The van der Waals surface area contributed by atoms with Crippen molar-refractivity contribution < 1.29 is 0 Å². The lowest BCUT2D eigenvalue weighted by Crippen LogP contribution is -2.35. The predicted octanol–water partition coefficient (Wildman–Crippen LogP) is 6.25. The Kier molecular flexibility index (Phi) is 4.87. The third-order valence-corrected chi connectivity index (χ3v) is 8.01. The van der Waals surface area contributed by atoms with Gasteiger partial charge in [-0.2, -0.15) is 0 Å². The highest BCUT2D eigenvalue weighted by Gasteiger charge is 2.38. The Bertz CT molecular complexity index is 1370. The normalized spacial score (nSPS) is 29.3. The highest BCUT2D eigenvalue weighted by molar-refractivity contribution is 5.68. The fourth-order valence-corrected chi connectivity index (χ4v) is 5.73. The molecular weight excluding hydrogens is 428 g/mol. The molecule has 4 aliphatic rings. The standard InChI is InChI=1S/C31H34N4/c1-21-18-23-11-16-34(25-6-4-24(32)5-7-25)28(23)20-27(21)22-8-12-30(2)15-17-35(29(30)19-22)26-9-13-31(3,33)14-10-26/h4-11,13,15-17,19-21H,12,14,18,32-33H2,1-3H3. The molecule has 4 N–H and O–H groups in total. The lowest BCUT2D eigenvalue weighted by Gasteiger charge is -2.35. The van der Waals surface area contributed by atoms with Crippen LogP contribution in [-0.4, -0.2) is 15.0 Å². The van der Waals surface area contributed by atoms with Gasteiger partial charge in [-0.3, -0.25) is 0 Å². The number of fused-ring (bicyclic) bond motifs is 2. The molecule has 3 unspecified atom stereocenters. The number of anilines is 1. The maximum Gasteiger partial charge on any atom is 0.0491 e. The minimum atomic E-state index is -0.262. The number of nitrogens with two attached hydrogens (primary N) is 2. The fourth-order valence-electron chi connectivity index (χ4n) is 5.73. The Morgan fingerprint density at radius 1 is 0.971 bits per heavy atom. The maximum absolute atomic E-state index is 6.32. The molecule has 3 atom stereocenters. The van der Waals surface area contributed by atoms with Crippen LogP contribution >= 0.6 is 0 Å². The van der Waals surface area contributed by atoms with Crippen molar-refractivity contribution >= 4 is 11.8 Å². The van der Waals surface area contributed by atoms with Gasteiger partial charge in [0.05, 0.1) is 0 Å². The summed E-state index contributed by atoms with van der Waals surface area (Å²) in [6.07, 6.45) is 23.5. The fraction of sp³-hybridized carbons (Fsp3) is 0.290. The van der Waals surface area contributed by atoms with Crippen molar-refractivity contribution in [3.8, 4) is 5.69 Å². The third-order valence-electron chi connectivity index (χ3n) is 8.01. The summed E-state index contributed by atoms with van der Waals surface area (Å²) in [4.78, 5) is 2.36. The topological polar surface area (TPSA) is 60.2 Å². The van der Waals surface area contributed by atoms with Crippen molar-refractivity contribution in [2.45, 2.75) is 45.6 Å². The van der Waals surface area contributed by atoms with E-state index in [0.29, 0.717) is 5.92 Å². The number of nitrogen functional groups attached to an aromatic ring is 1. The van der Waals surface area contributed by atoms with Crippen molar-refractivity contribution in [3.05, 3.63) is 113 Å². The van der Waals surface area contributed by atoms with Gasteiger partial charge in [0.1, 0.15) is 0 Å². The zero-order valence-electron chi connectivity index (χ0n) is 20.8. The van der Waals surface area contributed by atoms with E-state index in [1.807, 2.05) is 12.1 Å². The zero-order chi connectivity index (χ0) is 24.4. The number of nitrogens with zero attached hydrogens (tertiary/aromatic N) is 2. The van der Waals surface area contributed by atoms with Crippen LogP contribution in [0.4, 0.5) is 5.69 Å². The molecule has 6 rings (SSSR count). The Morgan fingerprint density at radius 2 is 1.77 bits per heavy atom. The molecule has 0 radical (unpaired) electrons. The van der Waals surface area contributed by atoms with Crippen molar-refractivity contribution in [1.29, 1.82) is 0 Å². The number of hydrogen-bond donors (Lipinski definition) is 2. The molecule has 0 amide bonds. The Labute approximate surface area is 208 Å². The van der Waals surface area contributed by atoms with E-state index in [-0.39, 0.29) is 11.0 Å². The third kappa shape index (κ3) is 3.73. The summed E-state index contributed by atoms with van der Waals surface area (Å²) in [5, 5.41) is 0. The monoisotopic (exact) mass is 462 g/mol. The molecule has 2 aromatic rings. The molecule has 0 fully saturated rings. The van der Waals surface area contributed by atoms with Gasteiger partial charge in [0, 0.05) is 51.8 Å². The summed E-state index contributed by atoms with van der Waals surface area (Å²) in [5.74, 6) is 0.465. The van der Waals surface area contributed by atoms with E-state index in [2.05, 4.69) is 103 Å². The van der Waals surface area contributed by atoms with E-state index < -0.39 is 0 Å². The highest BCUT2D eigenvalue weighted by atomic mass is 15.2. The average Bonchev–Trinajstić information content (AvgIpc) is 3.39. The maximum atomic E-state index is 6.32. The van der Waals surface area contributed by atoms with Crippen LogP contribution in [0, 0.1) is 11.3 Å².